The summed E-state index contributed by atoms with van der Waals surface area (Å²) >= 11 is 6.15. The van der Waals surface area contributed by atoms with Gasteiger partial charge in [0.25, 0.3) is 0 Å². The van der Waals surface area contributed by atoms with Gasteiger partial charge in [0.15, 0.2) is 0 Å². The van der Waals surface area contributed by atoms with Crippen LogP contribution in [0.5, 0.6) is 0 Å². The van der Waals surface area contributed by atoms with E-state index in [1.807, 2.05) is 45.9 Å². The Morgan fingerprint density at radius 3 is 2.37 bits per heavy atom. The molecule has 1 saturated heterocycles. The second-order valence-corrected chi connectivity index (χ2v) is 6.23. The SMILES string of the molecule is CC1(C)OB(c2ccc(Cl)c3ccnn23)OC1(C)C. The van der Waals surface area contributed by atoms with Crippen molar-refractivity contribution in [2.45, 2.75) is 38.9 Å². The lowest BCUT2D eigenvalue weighted by Gasteiger charge is -2.32. The summed E-state index contributed by atoms with van der Waals surface area (Å²) < 4.78 is 13.9. The van der Waals surface area contributed by atoms with Crippen molar-refractivity contribution in [3.63, 3.8) is 0 Å². The van der Waals surface area contributed by atoms with Gasteiger partial charge in [0.05, 0.1) is 33.5 Å². The number of hydrogen-bond acceptors (Lipinski definition) is 3. The summed E-state index contributed by atoms with van der Waals surface area (Å²) in [5.74, 6) is 0. The normalized spacial score (nSPS) is 21.2. The number of fused-ring (bicyclic) bond motifs is 1. The number of hydrogen-bond donors (Lipinski definition) is 0. The third-order valence-corrected chi connectivity index (χ3v) is 4.35. The first kappa shape index (κ1) is 13.0. The molecule has 100 valence electrons. The maximum atomic E-state index is 6.15. The minimum Gasteiger partial charge on any atom is -0.398 e. The number of aromatic nitrogens is 2. The first-order chi connectivity index (χ1) is 8.82. The zero-order valence-corrected chi connectivity index (χ0v) is 12.2. The predicted octanol–water partition coefficient (Wildman–Crippen LogP) is 2.29. The molecular formula is C13H16BClN2O2. The highest BCUT2D eigenvalue weighted by atomic mass is 35.5. The fourth-order valence-corrected chi connectivity index (χ4v) is 2.35. The van der Waals surface area contributed by atoms with E-state index in [2.05, 4.69) is 5.10 Å². The van der Waals surface area contributed by atoms with E-state index < -0.39 is 7.12 Å². The van der Waals surface area contributed by atoms with Crippen LogP contribution >= 0.6 is 11.6 Å². The van der Waals surface area contributed by atoms with Gasteiger partial charge in [-0.2, -0.15) is 5.10 Å². The van der Waals surface area contributed by atoms with E-state index in [1.165, 1.54) is 0 Å². The molecule has 0 aliphatic carbocycles. The highest BCUT2D eigenvalue weighted by Gasteiger charge is 2.52. The molecule has 0 bridgehead atoms. The van der Waals surface area contributed by atoms with Crippen LogP contribution in [0.25, 0.3) is 5.52 Å². The van der Waals surface area contributed by atoms with Crippen LogP contribution in [0.4, 0.5) is 0 Å². The first-order valence-electron chi connectivity index (χ1n) is 6.30. The van der Waals surface area contributed by atoms with Crippen molar-refractivity contribution in [2.75, 3.05) is 0 Å². The van der Waals surface area contributed by atoms with E-state index in [0.717, 1.165) is 11.1 Å². The van der Waals surface area contributed by atoms with Gasteiger partial charge < -0.3 is 9.31 Å². The summed E-state index contributed by atoms with van der Waals surface area (Å²) in [5.41, 5.74) is 0.977. The Morgan fingerprint density at radius 2 is 1.74 bits per heavy atom. The Morgan fingerprint density at radius 1 is 1.11 bits per heavy atom. The molecule has 3 rings (SSSR count). The maximum Gasteiger partial charge on any atom is 0.514 e. The van der Waals surface area contributed by atoms with Crippen molar-refractivity contribution in [1.29, 1.82) is 0 Å². The molecule has 0 amide bonds. The molecule has 0 N–H and O–H groups in total. The van der Waals surface area contributed by atoms with E-state index in [0.29, 0.717) is 5.02 Å². The molecular weight excluding hydrogens is 262 g/mol. The van der Waals surface area contributed by atoms with Gasteiger partial charge >= 0.3 is 7.12 Å². The van der Waals surface area contributed by atoms with Crippen LogP contribution in [-0.2, 0) is 9.31 Å². The topological polar surface area (TPSA) is 35.8 Å². The maximum absolute atomic E-state index is 6.15. The van der Waals surface area contributed by atoms with Gasteiger partial charge in [-0.25, -0.2) is 4.52 Å². The van der Waals surface area contributed by atoms with Gasteiger partial charge in [-0.3, -0.25) is 0 Å². The van der Waals surface area contributed by atoms with Crippen LogP contribution in [0.1, 0.15) is 27.7 Å². The van der Waals surface area contributed by atoms with Crippen molar-refractivity contribution < 1.29 is 9.31 Å². The number of nitrogens with zero attached hydrogens (tertiary/aromatic N) is 2. The molecule has 0 radical (unpaired) electrons. The molecule has 0 spiro atoms. The lowest BCUT2D eigenvalue weighted by atomic mass is 9.84. The fourth-order valence-electron chi connectivity index (χ4n) is 2.15. The van der Waals surface area contributed by atoms with Gasteiger partial charge in [0.2, 0.25) is 0 Å². The van der Waals surface area contributed by atoms with Crippen LogP contribution < -0.4 is 5.59 Å². The Bertz CT molecular complexity index is 623. The minimum absolute atomic E-state index is 0.364. The molecule has 1 aliphatic heterocycles. The van der Waals surface area contributed by atoms with Crippen LogP contribution in [0.3, 0.4) is 0 Å². The number of rotatable bonds is 1. The predicted molar refractivity (Wildman–Crippen MR) is 75.9 cm³/mol. The van der Waals surface area contributed by atoms with Gasteiger partial charge in [-0.05, 0) is 45.9 Å². The summed E-state index contributed by atoms with van der Waals surface area (Å²) in [5, 5.41) is 4.96. The van der Waals surface area contributed by atoms with Gasteiger partial charge in [0.1, 0.15) is 0 Å². The van der Waals surface area contributed by atoms with Crippen LogP contribution in [-0.4, -0.2) is 27.9 Å². The monoisotopic (exact) mass is 278 g/mol. The van der Waals surface area contributed by atoms with Crippen LogP contribution in [0.15, 0.2) is 24.4 Å². The Balaban J connectivity index is 2.08. The minimum atomic E-state index is -0.440. The van der Waals surface area contributed by atoms with Crippen molar-refractivity contribution in [3.05, 3.63) is 29.4 Å². The van der Waals surface area contributed by atoms with Gasteiger partial charge in [0, 0.05) is 0 Å². The number of halogens is 1. The lowest BCUT2D eigenvalue weighted by Crippen LogP contribution is -2.41. The van der Waals surface area contributed by atoms with Crippen molar-refractivity contribution >= 4 is 29.8 Å². The summed E-state index contributed by atoms with van der Waals surface area (Å²) in [6.07, 6.45) is 1.72. The van der Waals surface area contributed by atoms with Gasteiger partial charge in [-0.15, -0.1) is 0 Å². The van der Waals surface area contributed by atoms with Crippen molar-refractivity contribution in [1.82, 2.24) is 9.61 Å². The molecule has 4 nitrogen and oxygen atoms in total. The quantitative estimate of drug-likeness (QED) is 0.751. The second-order valence-electron chi connectivity index (χ2n) is 5.82. The third-order valence-electron chi connectivity index (χ3n) is 4.03. The van der Waals surface area contributed by atoms with E-state index in [9.17, 15) is 0 Å². The molecule has 2 aromatic rings. The average molecular weight is 279 g/mol. The highest BCUT2D eigenvalue weighted by Crippen LogP contribution is 2.36. The Kier molecular flexibility index (Phi) is 2.72. The standard InChI is InChI=1S/C13H16BClN2O2/c1-12(2)13(3,4)19-14(18-12)11-6-5-9(15)10-7-8-16-17(10)11/h5-8H,1-4H3. The van der Waals surface area contributed by atoms with E-state index >= 15 is 0 Å². The van der Waals surface area contributed by atoms with Crippen LogP contribution in [0.2, 0.25) is 5.02 Å². The molecule has 19 heavy (non-hydrogen) atoms. The molecule has 0 saturated carbocycles. The molecule has 0 aromatic carbocycles. The van der Waals surface area contributed by atoms with Gasteiger partial charge in [-0.1, -0.05) is 11.6 Å². The van der Waals surface area contributed by atoms with E-state index in [1.54, 1.807) is 10.7 Å². The molecule has 1 fully saturated rings. The lowest BCUT2D eigenvalue weighted by molar-refractivity contribution is 0.00578. The molecule has 6 heteroatoms. The third kappa shape index (κ3) is 1.88. The zero-order valence-electron chi connectivity index (χ0n) is 11.5. The van der Waals surface area contributed by atoms with E-state index in [4.69, 9.17) is 20.9 Å². The summed E-state index contributed by atoms with van der Waals surface area (Å²) in [6, 6.07) is 5.61. The molecule has 3 heterocycles. The van der Waals surface area contributed by atoms with Crippen molar-refractivity contribution in [2.24, 2.45) is 0 Å². The summed E-state index contributed by atoms with van der Waals surface area (Å²) in [6.45, 7) is 8.12. The molecule has 0 atom stereocenters. The number of pyridine rings is 1. The fraction of sp³-hybridized carbons (Fsp3) is 0.462. The van der Waals surface area contributed by atoms with Crippen LogP contribution in [0, 0.1) is 0 Å². The Hall–Kier alpha value is -1.04. The largest absolute Gasteiger partial charge is 0.514 e. The smallest absolute Gasteiger partial charge is 0.398 e. The molecule has 0 unspecified atom stereocenters. The molecule has 1 aliphatic rings. The summed E-state index contributed by atoms with van der Waals surface area (Å²) in [7, 11) is -0.440. The summed E-state index contributed by atoms with van der Waals surface area (Å²) in [4.78, 5) is 0. The van der Waals surface area contributed by atoms with E-state index in [-0.39, 0.29) is 11.2 Å². The highest BCUT2D eigenvalue weighted by molar-refractivity contribution is 6.61. The van der Waals surface area contributed by atoms with Crippen molar-refractivity contribution in [3.8, 4) is 0 Å². The Labute approximate surface area is 117 Å². The second kappa shape index (κ2) is 3.98. The average Bonchev–Trinajstić information content (AvgIpc) is 2.84. The molecule has 2 aromatic heterocycles. The first-order valence-corrected chi connectivity index (χ1v) is 6.67. The zero-order chi connectivity index (χ0) is 13.8.